The zero-order valence-electron chi connectivity index (χ0n) is 17.3. The van der Waals surface area contributed by atoms with Crippen molar-refractivity contribution in [2.45, 2.75) is 31.9 Å². The van der Waals surface area contributed by atoms with Crippen molar-refractivity contribution >= 4 is 46.4 Å². The summed E-state index contributed by atoms with van der Waals surface area (Å²) in [4.78, 5) is 21.7. The summed E-state index contributed by atoms with van der Waals surface area (Å²) >= 11 is 12.4. The number of anilines is 3. The molecule has 2 N–H and O–H groups in total. The topological polar surface area (TPSA) is 103 Å². The normalized spacial score (nSPS) is 13.5. The number of aromatic nitrogens is 4. The molecule has 0 bridgehead atoms. The van der Waals surface area contributed by atoms with E-state index in [1.165, 1.54) is 6.20 Å². The molecule has 1 aliphatic rings. The highest BCUT2D eigenvalue weighted by Crippen LogP contribution is 2.32. The predicted molar refractivity (Wildman–Crippen MR) is 122 cm³/mol. The standard InChI is InChI=1S/C21H22Cl2N6O3/c1-31-9-8-29-12-13(10-25-29)26-21-24-11-15(20(28-21)32-14-4-2-5-14)19(30)27-18-16(22)6-3-7-17(18)23/h3,6-7,10-12,14H,2,4-5,8-9H2,1H3,(H,27,30)(H,24,26,28). The van der Waals surface area contributed by atoms with E-state index in [0.717, 1.165) is 19.3 Å². The number of hydrogen-bond donors (Lipinski definition) is 2. The Balaban J connectivity index is 1.55. The quantitative estimate of drug-likeness (QED) is 0.466. The van der Waals surface area contributed by atoms with Crippen LogP contribution >= 0.6 is 23.2 Å². The van der Waals surface area contributed by atoms with Crippen LogP contribution in [0.1, 0.15) is 29.6 Å². The summed E-state index contributed by atoms with van der Waals surface area (Å²) in [6.07, 6.45) is 7.81. The van der Waals surface area contributed by atoms with Gasteiger partial charge in [-0.2, -0.15) is 10.1 Å². The van der Waals surface area contributed by atoms with Crippen molar-refractivity contribution in [3.63, 3.8) is 0 Å². The Morgan fingerprint density at radius 2 is 2.03 bits per heavy atom. The van der Waals surface area contributed by atoms with Gasteiger partial charge in [0.2, 0.25) is 11.8 Å². The number of ether oxygens (including phenoxy) is 2. The number of amides is 1. The molecule has 0 unspecified atom stereocenters. The highest BCUT2D eigenvalue weighted by Gasteiger charge is 2.25. The highest BCUT2D eigenvalue weighted by atomic mass is 35.5. The summed E-state index contributed by atoms with van der Waals surface area (Å²) in [6.45, 7) is 1.18. The van der Waals surface area contributed by atoms with Crippen LogP contribution in [-0.4, -0.2) is 45.5 Å². The fourth-order valence-corrected chi connectivity index (χ4v) is 3.47. The molecule has 2 heterocycles. The lowest BCUT2D eigenvalue weighted by molar-refractivity contribution is 0.0979. The molecule has 168 valence electrons. The van der Waals surface area contributed by atoms with Crippen LogP contribution in [0.5, 0.6) is 5.88 Å². The Kier molecular flexibility index (Phi) is 7.09. The highest BCUT2D eigenvalue weighted by molar-refractivity contribution is 6.40. The van der Waals surface area contributed by atoms with E-state index in [4.69, 9.17) is 32.7 Å². The van der Waals surface area contributed by atoms with E-state index in [0.29, 0.717) is 34.6 Å². The van der Waals surface area contributed by atoms with Crippen LogP contribution in [-0.2, 0) is 11.3 Å². The monoisotopic (exact) mass is 476 g/mol. The molecule has 11 heteroatoms. The van der Waals surface area contributed by atoms with Crippen molar-refractivity contribution < 1.29 is 14.3 Å². The molecule has 4 rings (SSSR count). The first kappa shape index (κ1) is 22.3. The fourth-order valence-electron chi connectivity index (χ4n) is 2.98. The minimum absolute atomic E-state index is 0.0185. The van der Waals surface area contributed by atoms with Gasteiger partial charge in [-0.15, -0.1) is 0 Å². The summed E-state index contributed by atoms with van der Waals surface area (Å²) in [5.41, 5.74) is 1.21. The van der Waals surface area contributed by atoms with Crippen LogP contribution in [0.2, 0.25) is 10.0 Å². The molecule has 0 radical (unpaired) electrons. The first-order valence-corrected chi connectivity index (χ1v) is 10.9. The van der Waals surface area contributed by atoms with Crippen molar-refractivity contribution in [1.29, 1.82) is 0 Å². The summed E-state index contributed by atoms with van der Waals surface area (Å²) in [5.74, 6) is 0.0193. The minimum atomic E-state index is -0.465. The van der Waals surface area contributed by atoms with Gasteiger partial charge < -0.3 is 20.1 Å². The lowest BCUT2D eigenvalue weighted by Crippen LogP contribution is -2.27. The maximum atomic E-state index is 13.0. The van der Waals surface area contributed by atoms with Gasteiger partial charge >= 0.3 is 0 Å². The zero-order chi connectivity index (χ0) is 22.5. The largest absolute Gasteiger partial charge is 0.474 e. The molecular weight excluding hydrogens is 455 g/mol. The van der Waals surface area contributed by atoms with Crippen LogP contribution in [0, 0.1) is 0 Å². The molecule has 1 aliphatic carbocycles. The Labute approximate surface area is 195 Å². The van der Waals surface area contributed by atoms with E-state index in [-0.39, 0.29) is 23.5 Å². The number of hydrogen-bond acceptors (Lipinski definition) is 7. The average molecular weight is 477 g/mol. The second-order valence-corrected chi connectivity index (χ2v) is 8.06. The van der Waals surface area contributed by atoms with Crippen molar-refractivity contribution in [2.24, 2.45) is 0 Å². The van der Waals surface area contributed by atoms with E-state index in [1.54, 1.807) is 36.2 Å². The molecule has 2 aromatic heterocycles. The first-order chi connectivity index (χ1) is 15.5. The molecule has 0 spiro atoms. The van der Waals surface area contributed by atoms with Crippen molar-refractivity contribution in [3.8, 4) is 5.88 Å². The van der Waals surface area contributed by atoms with E-state index in [2.05, 4.69) is 25.7 Å². The van der Waals surface area contributed by atoms with Gasteiger partial charge in [0.25, 0.3) is 5.91 Å². The van der Waals surface area contributed by atoms with Gasteiger partial charge in [0, 0.05) is 19.5 Å². The summed E-state index contributed by atoms with van der Waals surface area (Å²) in [6, 6.07) is 4.99. The Morgan fingerprint density at radius 1 is 1.25 bits per heavy atom. The molecule has 3 aromatic rings. The summed E-state index contributed by atoms with van der Waals surface area (Å²) in [7, 11) is 1.64. The number of methoxy groups -OCH3 is 1. The molecule has 1 fully saturated rings. The lowest BCUT2D eigenvalue weighted by atomic mass is 9.96. The van der Waals surface area contributed by atoms with Gasteiger partial charge in [-0.3, -0.25) is 9.48 Å². The van der Waals surface area contributed by atoms with Crippen LogP contribution in [0.3, 0.4) is 0 Å². The molecule has 1 aromatic carbocycles. The van der Waals surface area contributed by atoms with Gasteiger partial charge in [-0.1, -0.05) is 29.3 Å². The maximum absolute atomic E-state index is 13.0. The summed E-state index contributed by atoms with van der Waals surface area (Å²) in [5, 5.41) is 10.7. The number of benzene rings is 1. The number of carbonyl (C=O) groups excluding carboxylic acids is 1. The molecule has 0 atom stereocenters. The molecule has 1 amide bonds. The molecule has 9 nitrogen and oxygen atoms in total. The number of para-hydroxylation sites is 1. The van der Waals surface area contributed by atoms with E-state index in [1.807, 2.05) is 6.20 Å². The van der Waals surface area contributed by atoms with Gasteiger partial charge in [0.1, 0.15) is 11.7 Å². The first-order valence-electron chi connectivity index (χ1n) is 10.1. The SMILES string of the molecule is COCCn1cc(Nc2ncc(C(=O)Nc3c(Cl)cccc3Cl)c(OC3CCC3)n2)cn1. The molecule has 0 saturated heterocycles. The molecule has 0 aliphatic heterocycles. The third-order valence-electron chi connectivity index (χ3n) is 4.94. The average Bonchev–Trinajstić information content (AvgIpc) is 3.19. The Hall–Kier alpha value is -2.88. The van der Waals surface area contributed by atoms with E-state index >= 15 is 0 Å². The van der Waals surface area contributed by atoms with Crippen LogP contribution in [0.25, 0.3) is 0 Å². The molecule has 32 heavy (non-hydrogen) atoms. The molecule has 1 saturated carbocycles. The van der Waals surface area contributed by atoms with Gasteiger partial charge in [0.05, 0.1) is 40.8 Å². The van der Waals surface area contributed by atoms with Crippen molar-refractivity contribution in [2.75, 3.05) is 24.4 Å². The van der Waals surface area contributed by atoms with Crippen LogP contribution < -0.4 is 15.4 Å². The Morgan fingerprint density at radius 3 is 2.72 bits per heavy atom. The summed E-state index contributed by atoms with van der Waals surface area (Å²) < 4.78 is 12.8. The van der Waals surface area contributed by atoms with Gasteiger partial charge in [0.15, 0.2) is 0 Å². The van der Waals surface area contributed by atoms with Gasteiger partial charge in [-0.05, 0) is 31.4 Å². The third kappa shape index (κ3) is 5.29. The number of rotatable bonds is 9. The van der Waals surface area contributed by atoms with E-state index < -0.39 is 5.91 Å². The fraction of sp³-hybridized carbons (Fsp3) is 0.333. The zero-order valence-corrected chi connectivity index (χ0v) is 18.9. The van der Waals surface area contributed by atoms with Crippen molar-refractivity contribution in [3.05, 3.63) is 52.4 Å². The minimum Gasteiger partial charge on any atom is -0.474 e. The number of nitrogens with zero attached hydrogens (tertiary/aromatic N) is 4. The smallest absolute Gasteiger partial charge is 0.262 e. The van der Waals surface area contributed by atoms with Gasteiger partial charge in [-0.25, -0.2) is 4.98 Å². The second-order valence-electron chi connectivity index (χ2n) is 7.24. The van der Waals surface area contributed by atoms with E-state index in [9.17, 15) is 4.79 Å². The number of halogens is 2. The number of carbonyl (C=O) groups is 1. The lowest BCUT2D eigenvalue weighted by Gasteiger charge is -2.26. The molecular formula is C21H22Cl2N6O3. The predicted octanol–water partition coefficient (Wildman–Crippen LogP) is 4.55. The Bertz CT molecular complexity index is 1080. The third-order valence-corrected chi connectivity index (χ3v) is 5.57. The maximum Gasteiger partial charge on any atom is 0.262 e. The second kappa shape index (κ2) is 10.2. The number of nitrogens with one attached hydrogen (secondary N) is 2. The van der Waals surface area contributed by atoms with Crippen molar-refractivity contribution in [1.82, 2.24) is 19.7 Å². The van der Waals surface area contributed by atoms with Crippen LogP contribution in [0.15, 0.2) is 36.8 Å². The van der Waals surface area contributed by atoms with Crippen LogP contribution in [0.4, 0.5) is 17.3 Å².